The predicted molar refractivity (Wildman–Crippen MR) is 99.0 cm³/mol. The zero-order valence-electron chi connectivity index (χ0n) is 15.6. The molecule has 1 aliphatic heterocycles. The maximum absolute atomic E-state index is 11.3. The van der Waals surface area contributed by atoms with E-state index in [1.165, 1.54) is 0 Å². The second kappa shape index (κ2) is 12.7. The Morgan fingerprint density at radius 1 is 0.846 bits per heavy atom. The Balaban J connectivity index is 2.78. The topological polar surface area (TPSA) is 141 Å². The predicted octanol–water partition coefficient (Wildman–Crippen LogP) is -2.92. The Kier molecular flexibility index (Phi) is 10.9. The van der Waals surface area contributed by atoms with Gasteiger partial charge in [0, 0.05) is 58.9 Å². The van der Waals surface area contributed by atoms with Gasteiger partial charge in [0.15, 0.2) is 0 Å². The van der Waals surface area contributed by atoms with Crippen molar-refractivity contribution in [1.29, 1.82) is 0 Å². The monoisotopic (exact) mass is 372 g/mol. The summed E-state index contributed by atoms with van der Waals surface area (Å²) in [5.74, 6) is -0.761. The molecule has 0 atom stereocenters. The number of rotatable bonds is 8. The van der Waals surface area contributed by atoms with Crippen molar-refractivity contribution < 1.29 is 9.59 Å². The van der Waals surface area contributed by atoms with Gasteiger partial charge in [-0.2, -0.15) is 4.91 Å². The fraction of sp³-hybridized carbons (Fsp3) is 0.867. The number of nitrogens with one attached hydrogen (secondary N) is 1. The maximum atomic E-state index is 11.3. The summed E-state index contributed by atoms with van der Waals surface area (Å²) in [5, 5.41) is 5.01. The number of hydrazine groups is 1. The smallest absolute Gasteiger partial charge is 0.231 e. The van der Waals surface area contributed by atoms with Crippen LogP contribution in [0.15, 0.2) is 5.18 Å². The lowest BCUT2D eigenvalue weighted by Crippen LogP contribution is -2.50. The number of primary amides is 2. The first kappa shape index (κ1) is 22.4. The average Bonchev–Trinajstić information content (AvgIpc) is 2.58. The van der Waals surface area contributed by atoms with Gasteiger partial charge in [-0.3, -0.25) is 29.7 Å². The molecule has 2 amide bonds. The van der Waals surface area contributed by atoms with Gasteiger partial charge < -0.3 is 11.5 Å². The number of carbonyl (C=O) groups is 2. The van der Waals surface area contributed by atoms with E-state index in [4.69, 9.17) is 11.5 Å². The normalized spacial score (nSPS) is 20.2. The van der Waals surface area contributed by atoms with Crippen molar-refractivity contribution in [3.8, 4) is 0 Å². The highest BCUT2D eigenvalue weighted by Gasteiger charge is 2.17. The second-order valence-corrected chi connectivity index (χ2v) is 6.39. The number of nitrogens with zero attached hydrogens (tertiary/aromatic N) is 5. The molecule has 0 aromatic heterocycles. The van der Waals surface area contributed by atoms with Crippen molar-refractivity contribution in [2.24, 2.45) is 16.6 Å². The van der Waals surface area contributed by atoms with Gasteiger partial charge >= 0.3 is 0 Å². The van der Waals surface area contributed by atoms with Gasteiger partial charge in [0.2, 0.25) is 11.8 Å². The summed E-state index contributed by atoms with van der Waals surface area (Å²) in [5.41, 5.74) is 13.8. The Labute approximate surface area is 154 Å². The van der Waals surface area contributed by atoms with E-state index >= 15 is 0 Å². The lowest BCUT2D eigenvalue weighted by Gasteiger charge is -2.33. The van der Waals surface area contributed by atoms with Crippen LogP contribution in [-0.4, -0.2) is 117 Å². The van der Waals surface area contributed by atoms with E-state index in [0.29, 0.717) is 39.3 Å². The van der Waals surface area contributed by atoms with Crippen LogP contribution in [0.3, 0.4) is 0 Å². The quantitative estimate of drug-likeness (QED) is 0.385. The largest absolute Gasteiger partial charge is 0.369 e. The molecule has 26 heavy (non-hydrogen) atoms. The first-order valence-electron chi connectivity index (χ1n) is 8.89. The zero-order chi connectivity index (χ0) is 19.4. The van der Waals surface area contributed by atoms with Crippen molar-refractivity contribution in [2.45, 2.75) is 0 Å². The molecule has 1 saturated heterocycles. The summed E-state index contributed by atoms with van der Waals surface area (Å²) in [6.07, 6.45) is 0. The summed E-state index contributed by atoms with van der Waals surface area (Å²) in [6.45, 7) is 6.64. The van der Waals surface area contributed by atoms with Crippen LogP contribution in [0.5, 0.6) is 0 Å². The van der Waals surface area contributed by atoms with E-state index in [-0.39, 0.29) is 31.4 Å². The second-order valence-electron chi connectivity index (χ2n) is 6.39. The van der Waals surface area contributed by atoms with Crippen molar-refractivity contribution in [1.82, 2.24) is 25.1 Å². The summed E-state index contributed by atoms with van der Waals surface area (Å²) in [6, 6.07) is 0. The molecule has 0 spiro atoms. The third kappa shape index (κ3) is 9.73. The van der Waals surface area contributed by atoms with Crippen molar-refractivity contribution >= 4 is 11.8 Å². The molecule has 0 aliphatic carbocycles. The van der Waals surface area contributed by atoms with Gasteiger partial charge in [0.05, 0.1) is 19.6 Å². The molecular weight excluding hydrogens is 340 g/mol. The first-order valence-corrected chi connectivity index (χ1v) is 8.89. The summed E-state index contributed by atoms with van der Waals surface area (Å²) < 4.78 is 0. The molecular formula is C15H32N8O3. The average molecular weight is 372 g/mol. The number of carbonyl (C=O) groups excluding carboxylic acids is 2. The van der Waals surface area contributed by atoms with Crippen molar-refractivity contribution in [3.05, 3.63) is 4.91 Å². The molecule has 1 rings (SSSR count). The highest BCUT2D eigenvalue weighted by molar-refractivity contribution is 5.76. The number of nitroso groups, excluding NO2 is 1. The third-order valence-corrected chi connectivity index (χ3v) is 4.42. The minimum atomic E-state index is -0.388. The molecule has 1 heterocycles. The van der Waals surface area contributed by atoms with E-state index in [2.05, 4.69) is 20.5 Å². The first-order chi connectivity index (χ1) is 12.4. The molecule has 11 heteroatoms. The Morgan fingerprint density at radius 3 is 1.69 bits per heavy atom. The van der Waals surface area contributed by atoms with Crippen molar-refractivity contribution in [3.63, 3.8) is 0 Å². The van der Waals surface area contributed by atoms with Gasteiger partial charge in [0.1, 0.15) is 0 Å². The fourth-order valence-corrected chi connectivity index (χ4v) is 2.92. The summed E-state index contributed by atoms with van der Waals surface area (Å²) in [4.78, 5) is 39.2. The summed E-state index contributed by atoms with van der Waals surface area (Å²) >= 11 is 0. The van der Waals surface area contributed by atoms with E-state index in [1.807, 2.05) is 16.8 Å². The van der Waals surface area contributed by atoms with Gasteiger partial charge in [-0.05, 0) is 7.05 Å². The van der Waals surface area contributed by atoms with E-state index in [9.17, 15) is 14.5 Å². The van der Waals surface area contributed by atoms with Gasteiger partial charge in [-0.25, -0.2) is 5.01 Å². The maximum Gasteiger partial charge on any atom is 0.231 e. The van der Waals surface area contributed by atoms with Crippen LogP contribution in [0.4, 0.5) is 0 Å². The molecule has 5 N–H and O–H groups in total. The highest BCUT2D eigenvalue weighted by Crippen LogP contribution is 1.99. The van der Waals surface area contributed by atoms with Gasteiger partial charge in [0.25, 0.3) is 0 Å². The lowest BCUT2D eigenvalue weighted by molar-refractivity contribution is -0.120. The minimum Gasteiger partial charge on any atom is -0.369 e. The molecule has 0 unspecified atom stereocenters. The number of hydrogen-bond acceptors (Lipinski definition) is 9. The number of amides is 2. The molecule has 0 bridgehead atoms. The van der Waals surface area contributed by atoms with Gasteiger partial charge in [-0.15, -0.1) is 0 Å². The molecule has 11 nitrogen and oxygen atoms in total. The molecule has 1 aliphatic rings. The van der Waals surface area contributed by atoms with Crippen LogP contribution >= 0.6 is 0 Å². The van der Waals surface area contributed by atoms with Crippen LogP contribution in [0, 0.1) is 4.91 Å². The molecule has 0 aromatic rings. The standard InChI is InChI=1S/C15H32N8O3/c1-18-23-10-8-20(3-2-19-26)4-5-21(12-14(16)24)6-7-22(9-11-23)13-15(17)25/h18H,2-13H2,1H3,(H2,16,24)(H2,17,25). The van der Waals surface area contributed by atoms with E-state index in [0.717, 1.165) is 19.6 Å². The van der Waals surface area contributed by atoms with Crippen LogP contribution in [-0.2, 0) is 9.59 Å². The Bertz CT molecular complexity index is 451. The number of hydrogen-bond donors (Lipinski definition) is 3. The number of nitrogens with two attached hydrogens (primary N) is 2. The molecule has 150 valence electrons. The zero-order valence-corrected chi connectivity index (χ0v) is 15.6. The molecule has 0 radical (unpaired) electrons. The van der Waals surface area contributed by atoms with Crippen molar-refractivity contribution in [2.75, 3.05) is 85.6 Å². The Hall–Kier alpha value is -1.66. The highest BCUT2D eigenvalue weighted by atomic mass is 16.3. The molecule has 0 aromatic carbocycles. The van der Waals surface area contributed by atoms with E-state index in [1.54, 1.807) is 0 Å². The van der Waals surface area contributed by atoms with Crippen LogP contribution in [0.25, 0.3) is 0 Å². The lowest BCUT2D eigenvalue weighted by atomic mass is 10.3. The fourth-order valence-electron chi connectivity index (χ4n) is 2.92. The minimum absolute atomic E-state index is 0.160. The van der Waals surface area contributed by atoms with Crippen LogP contribution in [0.1, 0.15) is 0 Å². The third-order valence-electron chi connectivity index (χ3n) is 4.42. The van der Waals surface area contributed by atoms with Crippen LogP contribution < -0.4 is 16.9 Å². The summed E-state index contributed by atoms with van der Waals surface area (Å²) in [7, 11) is 1.86. The Morgan fingerprint density at radius 2 is 1.27 bits per heavy atom. The SMILES string of the molecule is CNN1CCN(CCN=O)CCN(CC(N)=O)CCN(CC(N)=O)CC1. The molecule has 0 saturated carbocycles. The van der Waals surface area contributed by atoms with Crippen LogP contribution in [0.2, 0.25) is 0 Å². The molecule has 1 fully saturated rings. The van der Waals surface area contributed by atoms with E-state index < -0.39 is 0 Å². The van der Waals surface area contributed by atoms with Gasteiger partial charge in [-0.1, -0.05) is 5.18 Å².